The third kappa shape index (κ3) is 3.50. The summed E-state index contributed by atoms with van der Waals surface area (Å²) < 4.78 is 0. The number of nitrogens with zero attached hydrogens (tertiary/aromatic N) is 2. The average molecular weight is 332 g/mol. The summed E-state index contributed by atoms with van der Waals surface area (Å²) in [5.41, 5.74) is 7.35. The van der Waals surface area contributed by atoms with Gasteiger partial charge in [0, 0.05) is 32.0 Å². The fourth-order valence-corrected chi connectivity index (χ4v) is 3.80. The van der Waals surface area contributed by atoms with Gasteiger partial charge in [-0.1, -0.05) is 0 Å². The van der Waals surface area contributed by atoms with Gasteiger partial charge in [-0.15, -0.1) is 24.8 Å². The van der Waals surface area contributed by atoms with Crippen LogP contribution >= 0.6 is 24.8 Å². The Morgan fingerprint density at radius 3 is 2.48 bits per heavy atom. The molecule has 0 aliphatic heterocycles. The average Bonchev–Trinajstić information content (AvgIpc) is 3.00. The van der Waals surface area contributed by atoms with Crippen molar-refractivity contribution in [1.82, 2.24) is 9.88 Å². The van der Waals surface area contributed by atoms with Gasteiger partial charge in [0.2, 0.25) is 5.91 Å². The molecule has 4 atom stereocenters. The molecule has 2 aliphatic carbocycles. The van der Waals surface area contributed by atoms with Crippen LogP contribution in [-0.2, 0) is 11.3 Å². The van der Waals surface area contributed by atoms with Crippen molar-refractivity contribution in [2.45, 2.75) is 31.8 Å². The highest BCUT2D eigenvalue weighted by Crippen LogP contribution is 2.48. The molecule has 4 unspecified atom stereocenters. The summed E-state index contributed by atoms with van der Waals surface area (Å²) in [5, 5.41) is 0. The largest absolute Gasteiger partial charge is 0.341 e. The van der Waals surface area contributed by atoms with Gasteiger partial charge in [-0.3, -0.25) is 9.78 Å². The highest BCUT2D eigenvalue weighted by Gasteiger charge is 2.49. The van der Waals surface area contributed by atoms with Gasteiger partial charge in [-0.2, -0.15) is 0 Å². The van der Waals surface area contributed by atoms with Crippen LogP contribution < -0.4 is 5.73 Å². The molecule has 1 heterocycles. The van der Waals surface area contributed by atoms with E-state index in [4.69, 9.17) is 5.73 Å². The molecule has 2 aliphatic rings. The van der Waals surface area contributed by atoms with Crippen LogP contribution in [0, 0.1) is 17.8 Å². The minimum atomic E-state index is 0. The molecule has 1 aromatic heterocycles. The fraction of sp³-hybridized carbons (Fsp3) is 0.600. The molecule has 0 spiro atoms. The van der Waals surface area contributed by atoms with Crippen LogP contribution in [0.15, 0.2) is 24.5 Å². The van der Waals surface area contributed by atoms with Crippen LogP contribution in [0.1, 0.15) is 24.8 Å². The van der Waals surface area contributed by atoms with E-state index in [9.17, 15) is 4.79 Å². The van der Waals surface area contributed by atoms with Crippen molar-refractivity contribution >= 4 is 30.7 Å². The Kier molecular flexibility index (Phi) is 6.44. The predicted molar refractivity (Wildman–Crippen MR) is 87.5 cm³/mol. The number of rotatable bonds is 3. The lowest BCUT2D eigenvalue weighted by Gasteiger charge is -2.30. The summed E-state index contributed by atoms with van der Waals surface area (Å²) in [7, 11) is 1.88. The van der Waals surface area contributed by atoms with E-state index < -0.39 is 0 Å². The molecule has 21 heavy (non-hydrogen) atoms. The smallest absolute Gasteiger partial charge is 0.227 e. The molecule has 1 amide bonds. The molecule has 3 rings (SSSR count). The topological polar surface area (TPSA) is 59.2 Å². The maximum absolute atomic E-state index is 12.6. The van der Waals surface area contributed by atoms with Crippen molar-refractivity contribution < 1.29 is 4.79 Å². The van der Waals surface area contributed by atoms with E-state index >= 15 is 0 Å². The number of carbonyl (C=O) groups excluding carboxylic acids is 1. The van der Waals surface area contributed by atoms with Crippen molar-refractivity contribution in [2.24, 2.45) is 23.5 Å². The Morgan fingerprint density at radius 1 is 1.29 bits per heavy atom. The summed E-state index contributed by atoms with van der Waals surface area (Å²) in [4.78, 5) is 18.4. The first-order valence-corrected chi connectivity index (χ1v) is 7.06. The van der Waals surface area contributed by atoms with Crippen LogP contribution in [-0.4, -0.2) is 28.9 Å². The maximum atomic E-state index is 12.6. The molecule has 0 radical (unpaired) electrons. The lowest BCUT2D eigenvalue weighted by atomic mass is 9.84. The van der Waals surface area contributed by atoms with Crippen LogP contribution in [0.2, 0.25) is 0 Å². The van der Waals surface area contributed by atoms with Crippen LogP contribution in [0.4, 0.5) is 0 Å². The number of hydrogen-bond donors (Lipinski definition) is 1. The Bertz CT molecular complexity index is 469. The highest BCUT2D eigenvalue weighted by atomic mass is 35.5. The van der Waals surface area contributed by atoms with Gasteiger partial charge in [0.15, 0.2) is 0 Å². The van der Waals surface area contributed by atoms with E-state index in [1.54, 1.807) is 12.4 Å². The molecule has 2 saturated carbocycles. The van der Waals surface area contributed by atoms with Crippen LogP contribution in [0.5, 0.6) is 0 Å². The number of fused-ring (bicyclic) bond motifs is 2. The van der Waals surface area contributed by atoms with E-state index in [2.05, 4.69) is 4.98 Å². The molecule has 6 heteroatoms. The molecular formula is C15H23Cl2N3O. The minimum Gasteiger partial charge on any atom is -0.341 e. The Labute approximate surface area is 138 Å². The van der Waals surface area contributed by atoms with Gasteiger partial charge in [0.25, 0.3) is 0 Å². The summed E-state index contributed by atoms with van der Waals surface area (Å²) in [5.74, 6) is 1.36. The highest BCUT2D eigenvalue weighted by molar-refractivity contribution is 5.85. The third-order valence-corrected chi connectivity index (χ3v) is 4.81. The summed E-state index contributed by atoms with van der Waals surface area (Å²) in [6, 6.07) is 3.97. The first-order valence-electron chi connectivity index (χ1n) is 7.06. The zero-order valence-electron chi connectivity index (χ0n) is 12.1. The number of hydrogen-bond acceptors (Lipinski definition) is 3. The number of amides is 1. The molecule has 2 N–H and O–H groups in total. The fourth-order valence-electron chi connectivity index (χ4n) is 3.80. The number of halogens is 2. The third-order valence-electron chi connectivity index (χ3n) is 4.81. The normalized spacial score (nSPS) is 29.4. The number of aromatic nitrogens is 1. The van der Waals surface area contributed by atoms with Crippen LogP contribution in [0.25, 0.3) is 0 Å². The lowest BCUT2D eigenvalue weighted by molar-refractivity contribution is -0.137. The summed E-state index contributed by atoms with van der Waals surface area (Å²) >= 11 is 0. The Hall–Kier alpha value is -0.840. The lowest BCUT2D eigenvalue weighted by Crippen LogP contribution is -2.45. The van der Waals surface area contributed by atoms with Gasteiger partial charge < -0.3 is 10.6 Å². The molecule has 2 fully saturated rings. The van der Waals surface area contributed by atoms with E-state index in [0.29, 0.717) is 18.4 Å². The second-order valence-electron chi connectivity index (χ2n) is 5.99. The molecule has 1 aromatic rings. The molecular weight excluding hydrogens is 309 g/mol. The van der Waals surface area contributed by atoms with Gasteiger partial charge in [0.1, 0.15) is 0 Å². The molecule has 4 nitrogen and oxygen atoms in total. The number of pyridine rings is 1. The second-order valence-corrected chi connectivity index (χ2v) is 5.99. The molecule has 118 valence electrons. The van der Waals surface area contributed by atoms with Crippen molar-refractivity contribution in [1.29, 1.82) is 0 Å². The molecule has 2 bridgehead atoms. The first kappa shape index (κ1) is 18.2. The van der Waals surface area contributed by atoms with Crippen molar-refractivity contribution in [2.75, 3.05) is 7.05 Å². The van der Waals surface area contributed by atoms with Gasteiger partial charge in [0.05, 0.1) is 5.92 Å². The number of carbonyl (C=O) groups is 1. The van der Waals surface area contributed by atoms with Gasteiger partial charge in [-0.25, -0.2) is 0 Å². The van der Waals surface area contributed by atoms with E-state index in [1.807, 2.05) is 24.1 Å². The summed E-state index contributed by atoms with van der Waals surface area (Å²) in [6.45, 7) is 0.641. The van der Waals surface area contributed by atoms with Crippen molar-refractivity contribution in [3.8, 4) is 0 Å². The Balaban J connectivity index is 0.00000110. The van der Waals surface area contributed by atoms with Crippen LogP contribution in [0.3, 0.4) is 0 Å². The maximum Gasteiger partial charge on any atom is 0.227 e. The standard InChI is InChI=1S/C15H21N3O.2ClH/c1-18(9-10-4-6-17-7-5-10)15(19)13-11-2-3-12(8-11)14(13)16;;/h4-7,11-14H,2-3,8-9,16H2,1H3;2*1H. The zero-order valence-corrected chi connectivity index (χ0v) is 13.8. The second kappa shape index (κ2) is 7.43. The van der Waals surface area contributed by atoms with Gasteiger partial charge in [-0.05, 0) is 48.8 Å². The van der Waals surface area contributed by atoms with E-state index in [1.165, 1.54) is 12.8 Å². The van der Waals surface area contributed by atoms with E-state index in [-0.39, 0.29) is 42.7 Å². The summed E-state index contributed by atoms with van der Waals surface area (Å²) in [6.07, 6.45) is 7.07. The first-order chi connectivity index (χ1) is 9.16. The number of nitrogens with two attached hydrogens (primary N) is 1. The minimum absolute atomic E-state index is 0. The quantitative estimate of drug-likeness (QED) is 0.924. The zero-order chi connectivity index (χ0) is 13.4. The molecule has 0 saturated heterocycles. The predicted octanol–water partition coefficient (Wildman–Crippen LogP) is 2.26. The monoisotopic (exact) mass is 331 g/mol. The van der Waals surface area contributed by atoms with Crippen molar-refractivity contribution in [3.05, 3.63) is 30.1 Å². The molecule has 0 aromatic carbocycles. The van der Waals surface area contributed by atoms with Crippen molar-refractivity contribution in [3.63, 3.8) is 0 Å². The SMILES string of the molecule is CN(Cc1ccncc1)C(=O)C1C2CCC(C2)C1N.Cl.Cl. The van der Waals surface area contributed by atoms with Gasteiger partial charge >= 0.3 is 0 Å². The van der Waals surface area contributed by atoms with E-state index in [0.717, 1.165) is 12.0 Å². The Morgan fingerprint density at radius 2 is 1.90 bits per heavy atom.